The van der Waals surface area contributed by atoms with Crippen LogP contribution in [0.25, 0.3) is 0 Å². The molecule has 0 spiro atoms. The number of hydroxylamine groups is 2. The van der Waals surface area contributed by atoms with Crippen molar-refractivity contribution in [3.05, 3.63) is 70.3 Å². The molecule has 2 aromatic carbocycles. The summed E-state index contributed by atoms with van der Waals surface area (Å²) in [6.07, 6.45) is 2.42. The molecule has 0 aromatic heterocycles. The predicted octanol–water partition coefficient (Wildman–Crippen LogP) is 5.23. The Morgan fingerprint density at radius 3 is 2.43 bits per heavy atom. The van der Waals surface area contributed by atoms with E-state index in [1.165, 1.54) is 13.2 Å². The smallest absolute Gasteiger partial charge is 0.318 e. The number of rotatable bonds is 8. The lowest BCUT2D eigenvalue weighted by Crippen LogP contribution is -2.45. The van der Waals surface area contributed by atoms with Crippen LogP contribution in [0.3, 0.4) is 0 Å². The van der Waals surface area contributed by atoms with Gasteiger partial charge < -0.3 is 9.84 Å². The number of ether oxygens (including phenoxy) is 1. The Kier molecular flexibility index (Phi) is 12.1. The fourth-order valence-corrected chi connectivity index (χ4v) is 2.83. The number of anilines is 1. The molecule has 0 fully saturated rings. The standard InChI is InChI=1S/C24H25ClFN3O4.CH4O/c1-5-16(3)21(12-9-17-7-10-19(25)11-8-17)27-24(6-2)29(31,32)28-22-14-20(26)18(15-30)13-23(22)33-4;1-2/h6-8,10-11,13-16,31-32H,5H2,1-4H3;2H,1H3/p+1/b24-6+,27-21-;. The molecule has 10 heteroatoms. The van der Waals surface area contributed by atoms with Crippen molar-refractivity contribution in [1.82, 2.24) is 0 Å². The lowest BCUT2D eigenvalue weighted by molar-refractivity contribution is -1.20. The zero-order valence-electron chi connectivity index (χ0n) is 20.2. The average molecular weight is 507 g/mol. The van der Waals surface area contributed by atoms with E-state index in [0.717, 1.165) is 24.8 Å². The Balaban J connectivity index is 0.00000298. The summed E-state index contributed by atoms with van der Waals surface area (Å²) < 4.78 is 19.2. The first-order valence-corrected chi connectivity index (χ1v) is 11.0. The molecule has 0 radical (unpaired) electrons. The van der Waals surface area contributed by atoms with Crippen molar-refractivity contribution in [1.29, 1.82) is 0 Å². The molecule has 1 unspecified atom stereocenters. The Labute approximate surface area is 209 Å². The maximum absolute atomic E-state index is 14.1. The van der Waals surface area contributed by atoms with Gasteiger partial charge in [-0.15, -0.1) is 10.4 Å². The third-order valence-electron chi connectivity index (χ3n) is 4.79. The van der Waals surface area contributed by atoms with Gasteiger partial charge in [-0.3, -0.25) is 4.79 Å². The molecule has 0 aliphatic carbocycles. The van der Waals surface area contributed by atoms with Crippen LogP contribution in [-0.2, 0) is 0 Å². The van der Waals surface area contributed by atoms with E-state index in [1.807, 2.05) is 13.8 Å². The van der Waals surface area contributed by atoms with Crippen LogP contribution in [0.5, 0.6) is 5.75 Å². The minimum atomic E-state index is -1.91. The highest BCUT2D eigenvalue weighted by atomic mass is 35.5. The highest BCUT2D eigenvalue weighted by Gasteiger charge is 2.33. The lowest BCUT2D eigenvalue weighted by Gasteiger charge is -2.23. The second-order valence-corrected chi connectivity index (χ2v) is 7.55. The quantitative estimate of drug-likeness (QED) is 0.128. The van der Waals surface area contributed by atoms with E-state index in [2.05, 4.69) is 22.3 Å². The van der Waals surface area contributed by atoms with Gasteiger partial charge in [0, 0.05) is 35.8 Å². The highest BCUT2D eigenvalue weighted by Crippen LogP contribution is 2.30. The fraction of sp³-hybridized carbons (Fsp3) is 0.280. The number of aliphatic imine (C=N–C) groups is 1. The summed E-state index contributed by atoms with van der Waals surface area (Å²) in [5, 5.41) is 29.0. The maximum atomic E-state index is 14.1. The van der Waals surface area contributed by atoms with E-state index in [0.29, 0.717) is 23.4 Å². The Morgan fingerprint density at radius 1 is 1.29 bits per heavy atom. The molecule has 188 valence electrons. The van der Waals surface area contributed by atoms with Crippen LogP contribution in [0.2, 0.25) is 5.02 Å². The molecule has 0 heterocycles. The summed E-state index contributed by atoms with van der Waals surface area (Å²) in [7, 11) is 2.30. The molecule has 2 aromatic rings. The van der Waals surface area contributed by atoms with Crippen LogP contribution in [0, 0.1) is 23.6 Å². The number of benzene rings is 2. The summed E-state index contributed by atoms with van der Waals surface area (Å²) in [6.45, 7) is 5.43. The van der Waals surface area contributed by atoms with Crippen molar-refractivity contribution < 1.29 is 34.4 Å². The third-order valence-corrected chi connectivity index (χ3v) is 5.05. The topological polar surface area (TPSA) is 111 Å². The number of hydrogen-bond acceptors (Lipinski definition) is 7. The van der Waals surface area contributed by atoms with E-state index < -0.39 is 10.7 Å². The number of nitrogens with one attached hydrogen (secondary N) is 1. The number of aliphatic hydroxyl groups is 1. The van der Waals surface area contributed by atoms with E-state index in [9.17, 15) is 19.6 Å². The Morgan fingerprint density at radius 2 is 1.91 bits per heavy atom. The van der Waals surface area contributed by atoms with Gasteiger partial charge >= 0.3 is 5.82 Å². The van der Waals surface area contributed by atoms with Crippen molar-refractivity contribution in [2.45, 2.75) is 27.2 Å². The van der Waals surface area contributed by atoms with Crippen molar-refractivity contribution >= 4 is 29.3 Å². The second kappa shape index (κ2) is 14.2. The Bertz CT molecular complexity index is 1120. The molecule has 0 saturated carbocycles. The number of halogens is 2. The van der Waals surface area contributed by atoms with Gasteiger partial charge in [-0.25, -0.2) is 4.39 Å². The summed E-state index contributed by atoms with van der Waals surface area (Å²) in [4.78, 5) is 13.4. The number of allylic oxidation sites excluding steroid dienone is 1. The summed E-state index contributed by atoms with van der Waals surface area (Å²) in [6, 6.07) is 9.05. The van der Waals surface area contributed by atoms with E-state index in [1.54, 1.807) is 31.2 Å². The first-order chi connectivity index (χ1) is 16.6. The summed E-state index contributed by atoms with van der Waals surface area (Å²) in [5.74, 6) is 4.87. The van der Waals surface area contributed by atoms with Gasteiger partial charge in [0.25, 0.3) is 0 Å². The molecule has 35 heavy (non-hydrogen) atoms. The fourth-order valence-electron chi connectivity index (χ4n) is 2.70. The van der Waals surface area contributed by atoms with Gasteiger partial charge in [-0.05, 0) is 49.6 Å². The van der Waals surface area contributed by atoms with Crippen LogP contribution in [0.15, 0.2) is 53.3 Å². The monoisotopic (exact) mass is 506 g/mol. The van der Waals surface area contributed by atoms with Gasteiger partial charge in [0.15, 0.2) is 6.29 Å². The first kappa shape index (κ1) is 29.8. The lowest BCUT2D eigenvalue weighted by atomic mass is 10.0. The number of nitrogens with zero attached hydrogens (tertiary/aromatic N) is 2. The van der Waals surface area contributed by atoms with Crippen molar-refractivity contribution in [2.75, 3.05) is 19.6 Å². The minimum Gasteiger partial charge on any atom is -0.494 e. The van der Waals surface area contributed by atoms with Crippen LogP contribution in [-0.4, -0.2) is 46.7 Å². The van der Waals surface area contributed by atoms with Crippen LogP contribution < -0.4 is 10.2 Å². The number of quaternary nitrogens is 1. The van der Waals surface area contributed by atoms with E-state index in [-0.39, 0.29) is 28.7 Å². The zero-order valence-corrected chi connectivity index (χ0v) is 21.0. The third kappa shape index (κ3) is 8.47. The number of aliphatic hydroxyl groups excluding tert-OH is 1. The number of aldehydes is 1. The summed E-state index contributed by atoms with van der Waals surface area (Å²) >= 11 is 5.91. The second-order valence-electron chi connectivity index (χ2n) is 7.12. The SMILES string of the molecule is C/C=C(\N=C(\C#Cc1ccc(Cl)cc1)C(C)CC)[N+](O)(O)Nc1cc(F)c(C=O)cc1OC.CO. The molecule has 0 aliphatic heterocycles. The molecule has 0 aliphatic rings. The van der Waals surface area contributed by atoms with Crippen LogP contribution in [0.4, 0.5) is 10.1 Å². The molecule has 0 saturated heterocycles. The largest absolute Gasteiger partial charge is 0.494 e. The van der Waals surface area contributed by atoms with Gasteiger partial charge in [0.05, 0.1) is 23.3 Å². The number of hydrogen-bond donors (Lipinski definition) is 4. The number of carbonyl (C=O) groups excluding carboxylic acids is 1. The Hall–Kier alpha value is -3.26. The van der Waals surface area contributed by atoms with E-state index >= 15 is 0 Å². The summed E-state index contributed by atoms with van der Waals surface area (Å²) in [5.41, 5.74) is 3.16. The minimum absolute atomic E-state index is 0.0354. The van der Waals surface area contributed by atoms with Gasteiger partial charge in [-0.1, -0.05) is 31.4 Å². The molecule has 8 nitrogen and oxygen atoms in total. The predicted molar refractivity (Wildman–Crippen MR) is 133 cm³/mol. The van der Waals surface area contributed by atoms with Gasteiger partial charge in [-0.2, -0.15) is 10.4 Å². The molecule has 2 rings (SSSR count). The molecule has 1 atom stereocenters. The first-order valence-electron chi connectivity index (χ1n) is 10.6. The molecule has 0 amide bonds. The van der Waals surface area contributed by atoms with Gasteiger partial charge in [0.2, 0.25) is 0 Å². The molecule has 4 N–H and O–H groups in total. The van der Waals surface area contributed by atoms with Crippen LogP contribution >= 0.6 is 11.6 Å². The molecule has 0 bridgehead atoms. The van der Waals surface area contributed by atoms with Crippen molar-refractivity contribution in [2.24, 2.45) is 10.9 Å². The number of carbonyl (C=O) groups is 1. The average Bonchev–Trinajstić information content (AvgIpc) is 2.85. The van der Waals surface area contributed by atoms with Crippen LogP contribution in [0.1, 0.15) is 43.1 Å². The maximum Gasteiger partial charge on any atom is 0.318 e. The van der Waals surface area contributed by atoms with Gasteiger partial charge in [0.1, 0.15) is 17.3 Å². The normalized spacial score (nSPS) is 12.5. The molecular weight excluding hydrogens is 477 g/mol. The zero-order chi connectivity index (χ0) is 26.6. The molecular formula is C25H30ClFN3O5+. The van der Waals surface area contributed by atoms with Crippen molar-refractivity contribution in [3.63, 3.8) is 0 Å². The number of methoxy groups -OCH3 is 1. The van der Waals surface area contributed by atoms with E-state index in [4.69, 9.17) is 21.4 Å². The highest BCUT2D eigenvalue weighted by molar-refractivity contribution is 6.30. The van der Waals surface area contributed by atoms with Crippen molar-refractivity contribution in [3.8, 4) is 17.6 Å².